The molecule has 1 aromatic heterocycles. The van der Waals surface area contributed by atoms with Crippen molar-refractivity contribution in [3.05, 3.63) is 83.3 Å². The first-order valence-electron chi connectivity index (χ1n) is 8.64. The fourth-order valence-corrected chi connectivity index (χ4v) is 3.72. The molecule has 2 aromatic carbocycles. The van der Waals surface area contributed by atoms with Gasteiger partial charge in [-0.05, 0) is 55.0 Å². The molecule has 6 heteroatoms. The number of carbonyl (C=O) groups is 2. The summed E-state index contributed by atoms with van der Waals surface area (Å²) in [6.07, 6.45) is 1.51. The third-order valence-electron chi connectivity index (χ3n) is 4.15. The van der Waals surface area contributed by atoms with Gasteiger partial charge in [0.15, 0.2) is 6.04 Å². The molecule has 1 saturated heterocycles. The largest absolute Gasteiger partial charge is 0.465 e. The average molecular weight is 388 g/mol. The molecule has 138 valence electrons. The molecule has 4 rings (SSSR count). The number of imide groups is 1. The van der Waals surface area contributed by atoms with E-state index in [4.69, 9.17) is 4.42 Å². The second kappa shape index (κ2) is 7.67. The molecule has 3 aromatic rings. The van der Waals surface area contributed by atoms with E-state index in [2.05, 4.69) is 28.5 Å². The number of hydrogen-bond donors (Lipinski definition) is 2. The van der Waals surface area contributed by atoms with Crippen LogP contribution in [0.3, 0.4) is 0 Å². The Labute approximate surface area is 166 Å². The molecule has 1 unspecified atom stereocenters. The fraction of sp³-hybridized carbons (Fsp3) is 0.0909. The second-order valence-electron chi connectivity index (χ2n) is 6.29. The lowest BCUT2D eigenvalue weighted by atomic mass is 10.1. The molecule has 3 amide bonds. The van der Waals surface area contributed by atoms with Crippen LogP contribution in [0.2, 0.25) is 0 Å². The molecule has 0 bridgehead atoms. The van der Waals surface area contributed by atoms with Crippen LogP contribution in [0, 0.1) is 18.8 Å². The standard InChI is InChI=1S/C22H16N2O3S/c1-14-3-2-4-16(13-14)6-5-15-7-9-17(10-8-15)28-18-11-12-27-20(18)19-21(25)24-22(26)23-19/h2-4,7-13,19H,1H3,(H2,23,24,25,26). The third-order valence-corrected chi connectivity index (χ3v) is 5.21. The van der Waals surface area contributed by atoms with Crippen LogP contribution in [-0.4, -0.2) is 11.9 Å². The summed E-state index contributed by atoms with van der Waals surface area (Å²) < 4.78 is 5.44. The summed E-state index contributed by atoms with van der Waals surface area (Å²) in [7, 11) is 0. The summed E-state index contributed by atoms with van der Waals surface area (Å²) >= 11 is 1.46. The van der Waals surface area contributed by atoms with Gasteiger partial charge in [0, 0.05) is 16.0 Å². The van der Waals surface area contributed by atoms with Gasteiger partial charge in [0.25, 0.3) is 5.91 Å². The van der Waals surface area contributed by atoms with Crippen molar-refractivity contribution in [3.8, 4) is 11.8 Å². The normalized spacial score (nSPS) is 15.5. The Morgan fingerprint density at radius 2 is 1.79 bits per heavy atom. The molecule has 2 N–H and O–H groups in total. The van der Waals surface area contributed by atoms with Gasteiger partial charge < -0.3 is 9.73 Å². The van der Waals surface area contributed by atoms with Gasteiger partial charge in [-0.2, -0.15) is 0 Å². The Balaban J connectivity index is 1.48. The van der Waals surface area contributed by atoms with Crippen molar-refractivity contribution < 1.29 is 14.0 Å². The topological polar surface area (TPSA) is 71.3 Å². The van der Waals surface area contributed by atoms with Crippen LogP contribution in [0.5, 0.6) is 0 Å². The Hall–Kier alpha value is -3.43. The lowest BCUT2D eigenvalue weighted by molar-refractivity contribution is -0.120. The van der Waals surface area contributed by atoms with Gasteiger partial charge in [0.05, 0.1) is 11.2 Å². The van der Waals surface area contributed by atoms with Crippen LogP contribution in [0.4, 0.5) is 4.79 Å². The SMILES string of the molecule is Cc1cccc(C#Cc2ccc(Sc3ccoc3C3NC(=O)NC3=O)cc2)c1. The number of carbonyl (C=O) groups excluding carboxylic acids is 2. The Kier molecular flexibility index (Phi) is 4.92. The maximum atomic E-state index is 11.9. The van der Waals surface area contributed by atoms with Crippen LogP contribution in [0.15, 0.2) is 75.1 Å². The summed E-state index contributed by atoms with van der Waals surface area (Å²) in [5, 5.41) is 4.76. The average Bonchev–Trinajstić information content (AvgIpc) is 3.26. The van der Waals surface area contributed by atoms with E-state index in [9.17, 15) is 9.59 Å². The van der Waals surface area contributed by atoms with E-state index >= 15 is 0 Å². The molecule has 2 heterocycles. The number of furan rings is 1. The summed E-state index contributed by atoms with van der Waals surface area (Å²) in [5.74, 6) is 6.34. The second-order valence-corrected chi connectivity index (χ2v) is 7.41. The first-order valence-corrected chi connectivity index (χ1v) is 9.45. The number of nitrogens with one attached hydrogen (secondary N) is 2. The third kappa shape index (κ3) is 3.95. The van der Waals surface area contributed by atoms with Gasteiger partial charge in [0.1, 0.15) is 5.76 Å². The van der Waals surface area contributed by atoms with E-state index in [-0.39, 0.29) is 0 Å². The molecule has 1 atom stereocenters. The van der Waals surface area contributed by atoms with E-state index < -0.39 is 18.0 Å². The monoisotopic (exact) mass is 388 g/mol. The smallest absolute Gasteiger partial charge is 0.322 e. The maximum absolute atomic E-state index is 11.9. The van der Waals surface area contributed by atoms with Crippen LogP contribution in [0.1, 0.15) is 28.5 Å². The highest BCUT2D eigenvalue weighted by atomic mass is 32.2. The molecule has 28 heavy (non-hydrogen) atoms. The molecule has 5 nitrogen and oxygen atoms in total. The Morgan fingerprint density at radius 3 is 2.50 bits per heavy atom. The molecular formula is C22H16N2O3S. The number of benzene rings is 2. The minimum atomic E-state index is -0.801. The van der Waals surface area contributed by atoms with Crippen LogP contribution >= 0.6 is 11.8 Å². The van der Waals surface area contributed by atoms with Gasteiger partial charge >= 0.3 is 6.03 Å². The summed E-state index contributed by atoms with van der Waals surface area (Å²) in [6, 6.07) is 16.4. The van der Waals surface area contributed by atoms with Gasteiger partial charge in [0.2, 0.25) is 0 Å². The van der Waals surface area contributed by atoms with E-state index in [1.165, 1.54) is 23.6 Å². The first kappa shape index (κ1) is 18.0. The highest BCUT2D eigenvalue weighted by molar-refractivity contribution is 7.99. The van der Waals surface area contributed by atoms with Crippen molar-refractivity contribution in [2.24, 2.45) is 0 Å². The van der Waals surface area contributed by atoms with Gasteiger partial charge in [-0.15, -0.1) is 0 Å². The lowest BCUT2D eigenvalue weighted by Gasteiger charge is -2.07. The van der Waals surface area contributed by atoms with Crippen LogP contribution in [-0.2, 0) is 4.79 Å². The molecule has 1 aliphatic rings. The van der Waals surface area contributed by atoms with Gasteiger partial charge in [-0.1, -0.05) is 35.7 Å². The van der Waals surface area contributed by atoms with E-state index in [0.717, 1.165) is 20.9 Å². The predicted molar refractivity (Wildman–Crippen MR) is 106 cm³/mol. The first-order chi connectivity index (χ1) is 13.6. The molecule has 0 saturated carbocycles. The van der Waals surface area contributed by atoms with Crippen molar-refractivity contribution in [1.82, 2.24) is 10.6 Å². The highest BCUT2D eigenvalue weighted by Gasteiger charge is 2.35. The molecular weight excluding hydrogens is 372 g/mol. The summed E-state index contributed by atoms with van der Waals surface area (Å²) in [4.78, 5) is 25.0. The molecule has 1 fully saturated rings. The van der Waals surface area contributed by atoms with Gasteiger partial charge in [-0.25, -0.2) is 4.79 Å². The Morgan fingerprint density at radius 1 is 1.00 bits per heavy atom. The van der Waals surface area contributed by atoms with Crippen molar-refractivity contribution in [2.45, 2.75) is 22.8 Å². The van der Waals surface area contributed by atoms with Crippen molar-refractivity contribution in [2.75, 3.05) is 0 Å². The molecule has 0 spiro atoms. The number of urea groups is 1. The minimum absolute atomic E-state index is 0.413. The van der Waals surface area contributed by atoms with Crippen LogP contribution < -0.4 is 10.6 Å². The van der Waals surface area contributed by atoms with E-state index in [0.29, 0.717) is 5.76 Å². The number of rotatable bonds is 3. The summed E-state index contributed by atoms with van der Waals surface area (Å²) in [5.41, 5.74) is 3.08. The van der Waals surface area contributed by atoms with Crippen molar-refractivity contribution >= 4 is 23.7 Å². The lowest BCUT2D eigenvalue weighted by Crippen LogP contribution is -2.22. The maximum Gasteiger partial charge on any atom is 0.322 e. The quantitative estimate of drug-likeness (QED) is 0.525. The molecule has 1 aliphatic heterocycles. The summed E-state index contributed by atoms with van der Waals surface area (Å²) in [6.45, 7) is 2.04. The van der Waals surface area contributed by atoms with E-state index in [1.54, 1.807) is 6.07 Å². The zero-order valence-corrected chi connectivity index (χ0v) is 15.8. The molecule has 0 aliphatic carbocycles. The number of aryl methyl sites for hydroxylation is 1. The minimum Gasteiger partial charge on any atom is -0.465 e. The molecule has 0 radical (unpaired) electrons. The van der Waals surface area contributed by atoms with E-state index in [1.807, 2.05) is 49.4 Å². The zero-order chi connectivity index (χ0) is 19.5. The fourth-order valence-electron chi connectivity index (χ4n) is 2.81. The van der Waals surface area contributed by atoms with Gasteiger partial charge in [-0.3, -0.25) is 10.1 Å². The number of amides is 3. The van der Waals surface area contributed by atoms with Crippen molar-refractivity contribution in [1.29, 1.82) is 0 Å². The number of hydrogen-bond acceptors (Lipinski definition) is 4. The Bertz CT molecular complexity index is 1110. The predicted octanol–water partition coefficient (Wildman–Crippen LogP) is 4.02. The van der Waals surface area contributed by atoms with Crippen LogP contribution in [0.25, 0.3) is 0 Å². The zero-order valence-electron chi connectivity index (χ0n) is 15.0. The van der Waals surface area contributed by atoms with Crippen molar-refractivity contribution in [3.63, 3.8) is 0 Å². The highest BCUT2D eigenvalue weighted by Crippen LogP contribution is 2.35.